The van der Waals surface area contributed by atoms with Crippen LogP contribution in [0.25, 0.3) is 0 Å². The van der Waals surface area contributed by atoms with Gasteiger partial charge in [-0.2, -0.15) is 0 Å². The van der Waals surface area contributed by atoms with Crippen LogP contribution in [0.15, 0.2) is 24.3 Å². The molecule has 18 heavy (non-hydrogen) atoms. The molecule has 1 aliphatic rings. The molecular weight excluding hydrogens is 254 g/mol. The molecule has 1 aromatic rings. The summed E-state index contributed by atoms with van der Waals surface area (Å²) in [5.74, 6) is -0.348. The fraction of sp³-hybridized carbons (Fsp3) is 0.462. The molecule has 2 rings (SSSR count). The Morgan fingerprint density at radius 2 is 2.11 bits per heavy atom. The summed E-state index contributed by atoms with van der Waals surface area (Å²) >= 11 is 6.15. The summed E-state index contributed by atoms with van der Waals surface area (Å²) in [5, 5.41) is 10.5. The minimum absolute atomic E-state index is 0.348. The maximum absolute atomic E-state index is 11.0. The lowest BCUT2D eigenvalue weighted by atomic mass is 9.87. The van der Waals surface area contributed by atoms with Gasteiger partial charge < -0.3 is 15.6 Å². The van der Waals surface area contributed by atoms with E-state index in [1.807, 2.05) is 18.2 Å². The molecule has 3 N–H and O–H groups in total. The molecule has 4 nitrogen and oxygen atoms in total. The van der Waals surface area contributed by atoms with Gasteiger partial charge in [0.1, 0.15) is 5.60 Å². The van der Waals surface area contributed by atoms with E-state index in [9.17, 15) is 9.90 Å². The molecule has 1 amide bonds. The van der Waals surface area contributed by atoms with Crippen molar-refractivity contribution in [1.82, 2.24) is 0 Å². The fourth-order valence-corrected chi connectivity index (χ4v) is 2.76. The van der Waals surface area contributed by atoms with Gasteiger partial charge in [0, 0.05) is 5.02 Å². The topological polar surface area (TPSA) is 72.6 Å². The lowest BCUT2D eigenvalue weighted by molar-refractivity contribution is 0.0275. The SMILES string of the molecule is CC(O)C(c1ccccc1Cl)C1(OC(N)=O)CC1. The Balaban J connectivity index is 2.36. The number of halogens is 1. The first-order valence-corrected chi connectivity index (χ1v) is 6.25. The Hall–Kier alpha value is -1.26. The van der Waals surface area contributed by atoms with E-state index in [0.717, 1.165) is 5.56 Å². The number of ether oxygens (including phenoxy) is 1. The number of benzene rings is 1. The number of amides is 1. The predicted octanol–water partition coefficient (Wildman–Crippen LogP) is 2.43. The molecular formula is C13H16ClNO3. The van der Waals surface area contributed by atoms with Crippen LogP contribution in [0.1, 0.15) is 31.2 Å². The van der Waals surface area contributed by atoms with Crippen LogP contribution < -0.4 is 5.73 Å². The highest BCUT2D eigenvalue weighted by Gasteiger charge is 2.55. The van der Waals surface area contributed by atoms with Crippen molar-refractivity contribution >= 4 is 17.7 Å². The summed E-state index contributed by atoms with van der Waals surface area (Å²) in [7, 11) is 0. The quantitative estimate of drug-likeness (QED) is 0.882. The molecule has 1 aliphatic carbocycles. The van der Waals surface area contributed by atoms with Crippen molar-refractivity contribution in [3.63, 3.8) is 0 Å². The third-order valence-electron chi connectivity index (χ3n) is 3.34. The van der Waals surface area contributed by atoms with Crippen LogP contribution in [-0.2, 0) is 4.74 Å². The molecule has 0 heterocycles. The first kappa shape index (κ1) is 13.2. The third kappa shape index (κ3) is 2.44. The van der Waals surface area contributed by atoms with E-state index in [1.54, 1.807) is 13.0 Å². The second-order valence-electron chi connectivity index (χ2n) is 4.73. The van der Waals surface area contributed by atoms with Crippen molar-refractivity contribution in [3.05, 3.63) is 34.9 Å². The zero-order chi connectivity index (χ0) is 13.3. The Labute approximate surface area is 111 Å². The second kappa shape index (κ2) is 4.78. The van der Waals surface area contributed by atoms with E-state index in [1.165, 1.54) is 0 Å². The molecule has 5 heteroatoms. The van der Waals surface area contributed by atoms with Crippen molar-refractivity contribution in [2.24, 2.45) is 5.73 Å². The average molecular weight is 270 g/mol. The number of primary amides is 1. The van der Waals surface area contributed by atoms with Crippen LogP contribution in [0, 0.1) is 0 Å². The van der Waals surface area contributed by atoms with Gasteiger partial charge in [-0.15, -0.1) is 0 Å². The van der Waals surface area contributed by atoms with Crippen LogP contribution in [0.3, 0.4) is 0 Å². The first-order valence-electron chi connectivity index (χ1n) is 5.87. The van der Waals surface area contributed by atoms with Gasteiger partial charge >= 0.3 is 6.09 Å². The number of hydrogen-bond donors (Lipinski definition) is 2. The van der Waals surface area contributed by atoms with Gasteiger partial charge in [0.2, 0.25) is 0 Å². The largest absolute Gasteiger partial charge is 0.442 e. The highest BCUT2D eigenvalue weighted by atomic mass is 35.5. The van der Waals surface area contributed by atoms with Crippen molar-refractivity contribution in [3.8, 4) is 0 Å². The molecule has 0 radical (unpaired) electrons. The number of hydrogen-bond acceptors (Lipinski definition) is 3. The van der Waals surface area contributed by atoms with Crippen molar-refractivity contribution in [2.75, 3.05) is 0 Å². The molecule has 2 unspecified atom stereocenters. The lowest BCUT2D eigenvalue weighted by Crippen LogP contribution is -2.35. The van der Waals surface area contributed by atoms with E-state index >= 15 is 0 Å². The number of aliphatic hydroxyl groups excluding tert-OH is 1. The van der Waals surface area contributed by atoms with Gasteiger partial charge in [-0.25, -0.2) is 4.79 Å². The van der Waals surface area contributed by atoms with Crippen LogP contribution in [0.2, 0.25) is 5.02 Å². The summed E-state index contributed by atoms with van der Waals surface area (Å²) in [4.78, 5) is 11.0. The average Bonchev–Trinajstić information content (AvgIpc) is 3.00. The van der Waals surface area contributed by atoms with Crippen molar-refractivity contribution in [2.45, 2.75) is 37.4 Å². The monoisotopic (exact) mass is 269 g/mol. The van der Waals surface area contributed by atoms with Gasteiger partial charge in [-0.1, -0.05) is 29.8 Å². The Bertz CT molecular complexity index is 457. The first-order chi connectivity index (χ1) is 8.46. The smallest absolute Gasteiger partial charge is 0.405 e. The van der Waals surface area contributed by atoms with Gasteiger partial charge in [-0.3, -0.25) is 0 Å². The standard InChI is InChI=1S/C13H16ClNO3/c1-8(16)11(9-4-2-3-5-10(9)14)13(6-7-13)18-12(15)17/h2-5,8,11,16H,6-7H2,1H3,(H2,15,17). The molecule has 98 valence electrons. The number of carbonyl (C=O) groups is 1. The highest BCUT2D eigenvalue weighted by molar-refractivity contribution is 6.31. The number of rotatable bonds is 4. The number of carbonyl (C=O) groups excluding carboxylic acids is 1. The van der Waals surface area contributed by atoms with Gasteiger partial charge in [0.25, 0.3) is 0 Å². The molecule has 0 saturated heterocycles. The predicted molar refractivity (Wildman–Crippen MR) is 68.5 cm³/mol. The molecule has 0 aliphatic heterocycles. The summed E-state index contributed by atoms with van der Waals surface area (Å²) in [5.41, 5.74) is 5.18. The Morgan fingerprint density at radius 1 is 1.50 bits per heavy atom. The molecule has 1 fully saturated rings. The maximum Gasteiger partial charge on any atom is 0.405 e. The number of nitrogens with two attached hydrogens (primary N) is 1. The molecule has 0 spiro atoms. The summed E-state index contributed by atoms with van der Waals surface area (Å²) in [6.07, 6.45) is -0.107. The molecule has 1 saturated carbocycles. The van der Waals surface area contributed by atoms with Gasteiger partial charge in [-0.05, 0) is 31.4 Å². The van der Waals surface area contributed by atoms with Crippen molar-refractivity contribution < 1.29 is 14.6 Å². The normalized spacial score (nSPS) is 19.9. The molecule has 2 atom stereocenters. The zero-order valence-corrected chi connectivity index (χ0v) is 10.9. The van der Waals surface area contributed by atoms with Crippen LogP contribution in [0.4, 0.5) is 4.79 Å². The minimum atomic E-state index is -0.815. The van der Waals surface area contributed by atoms with E-state index in [4.69, 9.17) is 22.1 Å². The molecule has 1 aromatic carbocycles. The maximum atomic E-state index is 11.0. The molecule has 0 aromatic heterocycles. The van der Waals surface area contributed by atoms with E-state index in [2.05, 4.69) is 0 Å². The zero-order valence-electron chi connectivity index (χ0n) is 10.1. The van der Waals surface area contributed by atoms with Crippen LogP contribution >= 0.6 is 11.6 Å². The van der Waals surface area contributed by atoms with E-state index < -0.39 is 17.8 Å². The van der Waals surface area contributed by atoms with E-state index in [-0.39, 0.29) is 5.92 Å². The van der Waals surface area contributed by atoms with Crippen LogP contribution in [0.5, 0.6) is 0 Å². The Morgan fingerprint density at radius 3 is 2.56 bits per heavy atom. The molecule has 0 bridgehead atoms. The Kier molecular flexibility index (Phi) is 3.50. The van der Waals surface area contributed by atoms with Crippen molar-refractivity contribution in [1.29, 1.82) is 0 Å². The second-order valence-corrected chi connectivity index (χ2v) is 5.13. The third-order valence-corrected chi connectivity index (χ3v) is 3.68. The lowest BCUT2D eigenvalue weighted by Gasteiger charge is -2.29. The summed E-state index contributed by atoms with van der Waals surface area (Å²) in [6.45, 7) is 1.67. The van der Waals surface area contributed by atoms with Gasteiger partial charge in [0.05, 0.1) is 12.0 Å². The fourth-order valence-electron chi connectivity index (χ4n) is 2.51. The highest BCUT2D eigenvalue weighted by Crippen LogP contribution is 2.53. The summed E-state index contributed by atoms with van der Waals surface area (Å²) < 4.78 is 5.20. The van der Waals surface area contributed by atoms with Crippen LogP contribution in [-0.4, -0.2) is 22.9 Å². The minimum Gasteiger partial charge on any atom is -0.442 e. The van der Waals surface area contributed by atoms with Gasteiger partial charge in [0.15, 0.2) is 0 Å². The van der Waals surface area contributed by atoms with E-state index in [0.29, 0.717) is 17.9 Å². The number of aliphatic hydroxyl groups is 1. The summed E-state index contributed by atoms with van der Waals surface area (Å²) in [6, 6.07) is 7.26.